The van der Waals surface area contributed by atoms with Gasteiger partial charge in [-0.3, -0.25) is 19.6 Å². The van der Waals surface area contributed by atoms with Crippen LogP contribution in [0, 0.1) is 22.9 Å². The van der Waals surface area contributed by atoms with Gasteiger partial charge in [0.05, 0.1) is 10.6 Å². The number of nitrogens with zero attached hydrogens (tertiary/aromatic N) is 3. The smallest absolute Gasteiger partial charge is 0.282 e. The Morgan fingerprint density at radius 1 is 1.45 bits per heavy atom. The third-order valence-electron chi connectivity index (χ3n) is 2.64. The largest absolute Gasteiger partial charge is 0.307 e. The molecule has 0 bridgehead atoms. The van der Waals surface area contributed by atoms with Crippen molar-refractivity contribution in [1.82, 2.24) is 9.78 Å². The van der Waals surface area contributed by atoms with Gasteiger partial charge < -0.3 is 5.32 Å². The Kier molecular flexibility index (Phi) is 3.47. The van der Waals surface area contributed by atoms with Crippen molar-refractivity contribution in [2.75, 3.05) is 5.32 Å². The molecule has 0 aliphatic rings. The number of aryl methyl sites for hydroxylation is 2. The summed E-state index contributed by atoms with van der Waals surface area (Å²) in [7, 11) is 1.61. The lowest BCUT2D eigenvalue weighted by Crippen LogP contribution is -2.16. The van der Waals surface area contributed by atoms with Crippen LogP contribution in [0.25, 0.3) is 0 Å². The Balaban J connectivity index is 2.36. The first kappa shape index (κ1) is 13.7. The van der Waals surface area contributed by atoms with Crippen LogP contribution in [-0.4, -0.2) is 20.6 Å². The van der Waals surface area contributed by atoms with Gasteiger partial charge in [0.1, 0.15) is 17.2 Å². The number of nitro benzene ring substituents is 1. The first-order chi connectivity index (χ1) is 9.38. The zero-order valence-electron chi connectivity index (χ0n) is 10.8. The Labute approximate surface area is 113 Å². The molecule has 0 aliphatic heterocycles. The number of nitro groups is 1. The van der Waals surface area contributed by atoms with Gasteiger partial charge in [-0.1, -0.05) is 0 Å². The van der Waals surface area contributed by atoms with Crippen LogP contribution in [0.1, 0.15) is 16.1 Å². The van der Waals surface area contributed by atoms with Crippen LogP contribution in [0.15, 0.2) is 24.3 Å². The molecule has 0 fully saturated rings. The van der Waals surface area contributed by atoms with E-state index in [-0.39, 0.29) is 5.56 Å². The lowest BCUT2D eigenvalue weighted by Gasteiger charge is -2.05. The van der Waals surface area contributed by atoms with Crippen LogP contribution in [0.5, 0.6) is 0 Å². The van der Waals surface area contributed by atoms with Gasteiger partial charge in [0, 0.05) is 19.2 Å². The summed E-state index contributed by atoms with van der Waals surface area (Å²) in [6, 6.07) is 4.32. The highest BCUT2D eigenvalue weighted by atomic mass is 19.1. The summed E-state index contributed by atoms with van der Waals surface area (Å²) in [4.78, 5) is 22.1. The van der Waals surface area contributed by atoms with Gasteiger partial charge in [-0.25, -0.2) is 4.39 Å². The van der Waals surface area contributed by atoms with E-state index in [0.29, 0.717) is 11.5 Å². The number of aromatic nitrogens is 2. The molecule has 1 aromatic heterocycles. The Morgan fingerprint density at radius 3 is 2.70 bits per heavy atom. The molecule has 0 saturated carbocycles. The number of carbonyl (C=O) groups excluding carboxylic acids is 1. The molecule has 0 spiro atoms. The zero-order chi connectivity index (χ0) is 14.9. The zero-order valence-corrected chi connectivity index (χ0v) is 10.8. The van der Waals surface area contributed by atoms with E-state index < -0.39 is 22.3 Å². The predicted molar refractivity (Wildman–Crippen MR) is 69.0 cm³/mol. The molecule has 0 atom stereocenters. The van der Waals surface area contributed by atoms with Gasteiger partial charge in [-0.15, -0.1) is 0 Å². The van der Waals surface area contributed by atoms with Crippen molar-refractivity contribution in [1.29, 1.82) is 0 Å². The fourth-order valence-electron chi connectivity index (χ4n) is 1.76. The molecular weight excluding hydrogens is 267 g/mol. The topological polar surface area (TPSA) is 90.1 Å². The molecule has 1 aromatic carbocycles. The maximum absolute atomic E-state index is 13.2. The number of halogens is 1. The van der Waals surface area contributed by atoms with Crippen LogP contribution >= 0.6 is 0 Å². The number of hydrogen-bond acceptors (Lipinski definition) is 4. The summed E-state index contributed by atoms with van der Waals surface area (Å²) in [6.07, 6.45) is 0. The number of carbonyl (C=O) groups is 1. The normalized spacial score (nSPS) is 10.3. The standard InChI is InChI=1S/C12H11FN4O3/c1-7-5-11(16(2)15-7)14-12(18)9-6-8(13)3-4-10(9)17(19)20/h3-6H,1-2H3,(H,14,18). The molecule has 1 N–H and O–H groups in total. The van der Waals surface area contributed by atoms with Crippen molar-refractivity contribution in [3.8, 4) is 0 Å². The number of benzene rings is 1. The molecule has 20 heavy (non-hydrogen) atoms. The van der Waals surface area contributed by atoms with E-state index in [4.69, 9.17) is 0 Å². The molecule has 0 saturated heterocycles. The second kappa shape index (κ2) is 5.08. The number of anilines is 1. The quantitative estimate of drug-likeness (QED) is 0.687. The van der Waals surface area contributed by atoms with Crippen molar-refractivity contribution < 1.29 is 14.1 Å². The highest BCUT2D eigenvalue weighted by Crippen LogP contribution is 2.21. The molecule has 2 rings (SSSR count). The van der Waals surface area contributed by atoms with Gasteiger partial charge in [0.25, 0.3) is 11.6 Å². The van der Waals surface area contributed by atoms with Crippen molar-refractivity contribution in [2.45, 2.75) is 6.92 Å². The summed E-state index contributed by atoms with van der Waals surface area (Å²) < 4.78 is 14.6. The summed E-state index contributed by atoms with van der Waals surface area (Å²) in [5, 5.41) is 17.3. The van der Waals surface area contributed by atoms with E-state index in [2.05, 4.69) is 10.4 Å². The van der Waals surface area contributed by atoms with Crippen molar-refractivity contribution in [3.63, 3.8) is 0 Å². The summed E-state index contributed by atoms with van der Waals surface area (Å²) in [5.41, 5.74) is -0.117. The number of nitrogens with one attached hydrogen (secondary N) is 1. The number of hydrogen-bond donors (Lipinski definition) is 1. The fourth-order valence-corrected chi connectivity index (χ4v) is 1.76. The lowest BCUT2D eigenvalue weighted by atomic mass is 10.1. The van der Waals surface area contributed by atoms with Crippen LogP contribution in [0.4, 0.5) is 15.9 Å². The van der Waals surface area contributed by atoms with Crippen LogP contribution < -0.4 is 5.32 Å². The van der Waals surface area contributed by atoms with Crippen molar-refractivity contribution in [3.05, 3.63) is 51.5 Å². The molecule has 7 nitrogen and oxygen atoms in total. The Morgan fingerprint density at radius 2 is 2.15 bits per heavy atom. The van der Waals surface area contributed by atoms with E-state index in [0.717, 1.165) is 18.2 Å². The average Bonchev–Trinajstić information content (AvgIpc) is 2.67. The lowest BCUT2D eigenvalue weighted by molar-refractivity contribution is -0.385. The van der Waals surface area contributed by atoms with Gasteiger partial charge in [0.15, 0.2) is 0 Å². The number of amides is 1. The van der Waals surface area contributed by atoms with Crippen LogP contribution in [0.2, 0.25) is 0 Å². The van der Waals surface area contributed by atoms with E-state index in [9.17, 15) is 19.3 Å². The highest BCUT2D eigenvalue weighted by Gasteiger charge is 2.21. The minimum Gasteiger partial charge on any atom is -0.307 e. The molecule has 1 heterocycles. The first-order valence-corrected chi connectivity index (χ1v) is 5.64. The summed E-state index contributed by atoms with van der Waals surface area (Å²) >= 11 is 0. The molecule has 0 radical (unpaired) electrons. The maximum Gasteiger partial charge on any atom is 0.282 e. The molecular formula is C12H11FN4O3. The Hall–Kier alpha value is -2.77. The van der Waals surface area contributed by atoms with E-state index in [1.54, 1.807) is 20.0 Å². The Bertz CT molecular complexity index is 696. The van der Waals surface area contributed by atoms with Gasteiger partial charge in [-0.2, -0.15) is 5.10 Å². The predicted octanol–water partition coefficient (Wildman–Crippen LogP) is 2.03. The monoisotopic (exact) mass is 278 g/mol. The molecule has 2 aromatic rings. The third-order valence-corrected chi connectivity index (χ3v) is 2.64. The summed E-state index contributed by atoms with van der Waals surface area (Å²) in [6.45, 7) is 1.74. The molecule has 1 amide bonds. The van der Waals surface area contributed by atoms with Crippen molar-refractivity contribution >= 4 is 17.4 Å². The van der Waals surface area contributed by atoms with Gasteiger partial charge in [-0.05, 0) is 19.1 Å². The highest BCUT2D eigenvalue weighted by molar-refractivity contribution is 6.06. The second-order valence-corrected chi connectivity index (χ2v) is 4.17. The minimum atomic E-state index is -0.765. The van der Waals surface area contributed by atoms with E-state index in [1.165, 1.54) is 4.68 Å². The molecule has 0 unspecified atom stereocenters. The van der Waals surface area contributed by atoms with E-state index >= 15 is 0 Å². The van der Waals surface area contributed by atoms with Gasteiger partial charge in [0.2, 0.25) is 0 Å². The van der Waals surface area contributed by atoms with Gasteiger partial charge >= 0.3 is 0 Å². The van der Waals surface area contributed by atoms with E-state index in [1.807, 2.05) is 0 Å². The third kappa shape index (κ3) is 2.63. The van der Waals surface area contributed by atoms with Crippen molar-refractivity contribution in [2.24, 2.45) is 7.05 Å². The maximum atomic E-state index is 13.2. The first-order valence-electron chi connectivity index (χ1n) is 5.64. The molecule has 8 heteroatoms. The average molecular weight is 278 g/mol. The van der Waals surface area contributed by atoms with Crippen LogP contribution in [0.3, 0.4) is 0 Å². The molecule has 0 aliphatic carbocycles. The fraction of sp³-hybridized carbons (Fsp3) is 0.167. The SMILES string of the molecule is Cc1cc(NC(=O)c2cc(F)ccc2[N+](=O)[O-])n(C)n1. The number of rotatable bonds is 3. The minimum absolute atomic E-state index is 0.339. The summed E-state index contributed by atoms with van der Waals surface area (Å²) in [5.74, 6) is -1.12. The van der Waals surface area contributed by atoms with Crippen LogP contribution in [-0.2, 0) is 7.05 Å². The second-order valence-electron chi connectivity index (χ2n) is 4.17. The molecule has 104 valence electrons.